The summed E-state index contributed by atoms with van der Waals surface area (Å²) in [5.74, 6) is 0. The van der Waals surface area contributed by atoms with E-state index in [1.165, 1.54) is 0 Å². The summed E-state index contributed by atoms with van der Waals surface area (Å²) in [4.78, 5) is 9.20. The van der Waals surface area contributed by atoms with Crippen molar-refractivity contribution in [2.24, 2.45) is 0 Å². The Morgan fingerprint density at radius 1 is 1.18 bits per heavy atom. The lowest BCUT2D eigenvalue weighted by Gasteiger charge is -2.08. The van der Waals surface area contributed by atoms with E-state index in [4.69, 9.17) is 20.0 Å². The van der Waals surface area contributed by atoms with Gasteiger partial charge in [-0.15, -0.1) is 0 Å². The molecule has 0 spiro atoms. The maximum Gasteiger partial charge on any atom is 0.321 e. The molecule has 4 nitrogen and oxygen atoms in total. The topological polar surface area (TPSA) is 36.9 Å². The molecule has 0 rings (SSSR count). The standard InChI is InChI=1S/C4H10ClO4PS/c1-3-6-8-10(11-5)9-7-4-2/h3-4H2,1-2H3. The van der Waals surface area contributed by atoms with E-state index in [2.05, 4.69) is 9.78 Å². The highest BCUT2D eigenvalue weighted by molar-refractivity contribution is 8.64. The molecule has 0 heterocycles. The molecule has 0 saturated heterocycles. The minimum absolute atomic E-state index is 0.450. The van der Waals surface area contributed by atoms with Crippen LogP contribution in [0.25, 0.3) is 0 Å². The van der Waals surface area contributed by atoms with Crippen LogP contribution in [0.5, 0.6) is 0 Å². The third-order valence-corrected chi connectivity index (χ3v) is 2.80. The normalized spacial score (nSPS) is 10.9. The minimum atomic E-state index is -1.33. The average Bonchev–Trinajstić information content (AvgIpc) is 2.05. The highest BCUT2D eigenvalue weighted by Gasteiger charge is 2.12. The molecule has 68 valence electrons. The number of rotatable bonds is 7. The SMILES string of the molecule is CCOOP(OOCC)SCl. The van der Waals surface area contributed by atoms with Gasteiger partial charge in [-0.3, -0.25) is 0 Å². The minimum Gasteiger partial charge on any atom is -0.230 e. The summed E-state index contributed by atoms with van der Waals surface area (Å²) < 4.78 is 9.38. The van der Waals surface area contributed by atoms with Crippen LogP contribution in [0, 0.1) is 0 Å². The maximum absolute atomic E-state index is 5.37. The molecule has 0 radical (unpaired) electrons. The van der Waals surface area contributed by atoms with Crippen molar-refractivity contribution in [1.82, 2.24) is 0 Å². The zero-order valence-electron chi connectivity index (χ0n) is 6.28. The Balaban J connectivity index is 3.25. The summed E-state index contributed by atoms with van der Waals surface area (Å²) >= 11 is 0. The van der Waals surface area contributed by atoms with Crippen molar-refractivity contribution in [3.8, 4) is 0 Å². The van der Waals surface area contributed by atoms with Crippen LogP contribution < -0.4 is 0 Å². The predicted octanol–water partition coefficient (Wildman–Crippen LogP) is 3.04. The molecule has 0 bridgehead atoms. The van der Waals surface area contributed by atoms with E-state index in [1.54, 1.807) is 13.8 Å². The Bertz CT molecular complexity index is 80.5. The highest BCUT2D eigenvalue weighted by atomic mass is 35.7. The van der Waals surface area contributed by atoms with Crippen molar-refractivity contribution in [3.05, 3.63) is 0 Å². The smallest absolute Gasteiger partial charge is 0.230 e. The molecule has 0 atom stereocenters. The van der Waals surface area contributed by atoms with Gasteiger partial charge in [-0.1, -0.05) is 0 Å². The predicted molar refractivity (Wildman–Crippen MR) is 45.8 cm³/mol. The average molecular weight is 221 g/mol. The van der Waals surface area contributed by atoms with Crippen molar-refractivity contribution in [1.29, 1.82) is 0 Å². The lowest BCUT2D eigenvalue weighted by atomic mass is 10.9. The third-order valence-electron chi connectivity index (χ3n) is 0.519. The molecule has 0 amide bonds. The summed E-state index contributed by atoms with van der Waals surface area (Å²) in [6.07, 6.45) is 0. The van der Waals surface area contributed by atoms with Gasteiger partial charge in [0.05, 0.1) is 13.2 Å². The van der Waals surface area contributed by atoms with Crippen molar-refractivity contribution in [2.75, 3.05) is 13.2 Å². The van der Waals surface area contributed by atoms with Gasteiger partial charge in [0.15, 0.2) is 0 Å². The summed E-state index contributed by atoms with van der Waals surface area (Å²) in [5.41, 5.74) is 0. The van der Waals surface area contributed by atoms with Crippen LogP contribution in [0.2, 0.25) is 0 Å². The maximum atomic E-state index is 5.37. The summed E-state index contributed by atoms with van der Waals surface area (Å²) in [6, 6.07) is 0. The fraction of sp³-hybridized carbons (Fsp3) is 1.00. The van der Waals surface area contributed by atoms with Crippen LogP contribution >= 0.6 is 28.9 Å². The molecule has 0 aliphatic carbocycles. The van der Waals surface area contributed by atoms with E-state index in [9.17, 15) is 0 Å². The van der Waals surface area contributed by atoms with Crippen LogP contribution in [0.15, 0.2) is 0 Å². The lowest BCUT2D eigenvalue weighted by Crippen LogP contribution is -1.91. The van der Waals surface area contributed by atoms with Gasteiger partial charge in [-0.05, 0) is 24.5 Å². The molecule has 0 aliphatic rings. The Morgan fingerprint density at radius 2 is 1.64 bits per heavy atom. The fourth-order valence-corrected chi connectivity index (χ4v) is 1.49. The third kappa shape index (κ3) is 7.28. The van der Waals surface area contributed by atoms with Gasteiger partial charge in [0.2, 0.25) is 0 Å². The summed E-state index contributed by atoms with van der Waals surface area (Å²) in [6.45, 7) is 4.50. The molecule has 0 aromatic heterocycles. The second-order valence-corrected chi connectivity index (χ2v) is 4.69. The molecular formula is C4H10ClO4PS. The van der Waals surface area contributed by atoms with Crippen LogP contribution in [-0.4, -0.2) is 13.2 Å². The molecule has 0 aliphatic heterocycles. The first kappa shape index (κ1) is 11.9. The van der Waals surface area contributed by atoms with Gasteiger partial charge < -0.3 is 0 Å². The van der Waals surface area contributed by atoms with E-state index in [0.717, 1.165) is 10.6 Å². The second-order valence-electron chi connectivity index (χ2n) is 1.25. The number of halogens is 1. The molecular weight excluding hydrogens is 211 g/mol. The summed E-state index contributed by atoms with van der Waals surface area (Å²) in [7, 11) is 4.93. The highest BCUT2D eigenvalue weighted by Crippen LogP contribution is 2.54. The van der Waals surface area contributed by atoms with Gasteiger partial charge >= 0.3 is 7.58 Å². The fourth-order valence-electron chi connectivity index (χ4n) is 0.227. The number of hydrogen-bond donors (Lipinski definition) is 0. The zero-order valence-corrected chi connectivity index (χ0v) is 8.75. The number of hydrogen-bond acceptors (Lipinski definition) is 5. The van der Waals surface area contributed by atoms with Gasteiger partial charge in [0.1, 0.15) is 0 Å². The Morgan fingerprint density at radius 3 is 1.91 bits per heavy atom. The lowest BCUT2D eigenvalue weighted by molar-refractivity contribution is -0.247. The molecule has 0 N–H and O–H groups in total. The van der Waals surface area contributed by atoms with Gasteiger partial charge in [0.25, 0.3) is 0 Å². The first-order valence-electron chi connectivity index (χ1n) is 3.03. The Hall–Kier alpha value is 0.910. The van der Waals surface area contributed by atoms with Gasteiger partial charge in [-0.25, -0.2) is 9.78 Å². The van der Waals surface area contributed by atoms with Gasteiger partial charge in [0, 0.05) is 10.6 Å². The van der Waals surface area contributed by atoms with Crippen molar-refractivity contribution < 1.29 is 19.1 Å². The van der Waals surface area contributed by atoms with E-state index < -0.39 is 7.58 Å². The molecule has 0 aromatic carbocycles. The van der Waals surface area contributed by atoms with E-state index >= 15 is 0 Å². The Labute approximate surface area is 75.5 Å². The zero-order chi connectivity index (χ0) is 8.53. The monoisotopic (exact) mass is 220 g/mol. The molecule has 11 heavy (non-hydrogen) atoms. The van der Waals surface area contributed by atoms with Crippen molar-refractivity contribution in [3.63, 3.8) is 0 Å². The first-order valence-corrected chi connectivity index (χ1v) is 6.45. The van der Waals surface area contributed by atoms with Crippen LogP contribution in [0.1, 0.15) is 13.8 Å². The van der Waals surface area contributed by atoms with E-state index in [0.29, 0.717) is 13.2 Å². The molecule has 0 unspecified atom stereocenters. The van der Waals surface area contributed by atoms with Crippen LogP contribution in [0.3, 0.4) is 0 Å². The van der Waals surface area contributed by atoms with E-state index in [1.807, 2.05) is 0 Å². The first-order chi connectivity index (χ1) is 5.35. The largest absolute Gasteiger partial charge is 0.321 e. The second kappa shape index (κ2) is 9.00. The van der Waals surface area contributed by atoms with Crippen molar-refractivity contribution >= 4 is 28.9 Å². The molecule has 7 heteroatoms. The molecule has 0 fully saturated rings. The quantitative estimate of drug-likeness (QED) is 0.375. The van der Waals surface area contributed by atoms with Crippen molar-refractivity contribution in [2.45, 2.75) is 13.8 Å². The Kier molecular flexibility index (Phi) is 9.75. The van der Waals surface area contributed by atoms with Crippen LogP contribution in [0.4, 0.5) is 0 Å². The van der Waals surface area contributed by atoms with Crippen LogP contribution in [-0.2, 0) is 19.1 Å². The summed E-state index contributed by atoms with van der Waals surface area (Å²) in [5, 5.41) is 0. The van der Waals surface area contributed by atoms with E-state index in [-0.39, 0.29) is 0 Å². The van der Waals surface area contributed by atoms with Gasteiger partial charge in [-0.2, -0.15) is 9.35 Å². The molecule has 0 aromatic rings. The molecule has 0 saturated carbocycles.